The minimum atomic E-state index is 0.152. The minimum Gasteiger partial charge on any atom is -0.324 e. The predicted octanol–water partition coefficient (Wildman–Crippen LogP) is 2.77. The van der Waals surface area contributed by atoms with E-state index in [-0.39, 0.29) is 5.54 Å². The van der Waals surface area contributed by atoms with Gasteiger partial charge in [-0.25, -0.2) is 0 Å². The third kappa shape index (κ3) is 3.46. The van der Waals surface area contributed by atoms with Crippen LogP contribution in [0.4, 0.5) is 0 Å². The van der Waals surface area contributed by atoms with Crippen molar-refractivity contribution in [2.45, 2.75) is 70.4 Å². The van der Waals surface area contributed by atoms with E-state index in [0.717, 1.165) is 18.5 Å². The summed E-state index contributed by atoms with van der Waals surface area (Å²) < 4.78 is 0. The van der Waals surface area contributed by atoms with Crippen molar-refractivity contribution in [2.75, 3.05) is 13.1 Å². The van der Waals surface area contributed by atoms with Gasteiger partial charge in [-0.05, 0) is 44.6 Å². The fourth-order valence-corrected chi connectivity index (χ4v) is 2.90. The van der Waals surface area contributed by atoms with Gasteiger partial charge in [-0.3, -0.25) is 4.90 Å². The lowest BCUT2D eigenvalue weighted by Crippen LogP contribution is -2.49. The Morgan fingerprint density at radius 1 is 1.25 bits per heavy atom. The Kier molecular flexibility index (Phi) is 3.91. The van der Waals surface area contributed by atoms with E-state index in [1.54, 1.807) is 0 Å². The van der Waals surface area contributed by atoms with E-state index in [9.17, 15) is 0 Å². The topological polar surface area (TPSA) is 29.3 Å². The second kappa shape index (κ2) is 5.05. The van der Waals surface area contributed by atoms with Crippen LogP contribution in [-0.2, 0) is 0 Å². The molecular formula is C14H28N2. The summed E-state index contributed by atoms with van der Waals surface area (Å²) in [6.45, 7) is 7.06. The summed E-state index contributed by atoms with van der Waals surface area (Å²) in [6, 6.07) is 0.875. The van der Waals surface area contributed by atoms with Crippen LogP contribution in [0.5, 0.6) is 0 Å². The molecule has 0 unspecified atom stereocenters. The van der Waals surface area contributed by atoms with E-state index in [0.29, 0.717) is 0 Å². The summed E-state index contributed by atoms with van der Waals surface area (Å²) in [6.07, 6.45) is 9.34. The fraction of sp³-hybridized carbons (Fsp3) is 1.00. The van der Waals surface area contributed by atoms with Gasteiger partial charge >= 0.3 is 0 Å². The van der Waals surface area contributed by atoms with Crippen molar-refractivity contribution in [3.05, 3.63) is 0 Å². The van der Waals surface area contributed by atoms with Gasteiger partial charge in [0.25, 0.3) is 0 Å². The zero-order valence-corrected chi connectivity index (χ0v) is 11.0. The Hall–Kier alpha value is -0.0800. The summed E-state index contributed by atoms with van der Waals surface area (Å²) in [5.74, 6) is 0.818. The number of hydrogen-bond donors (Lipinski definition) is 1. The molecule has 0 aromatic rings. The fourth-order valence-electron chi connectivity index (χ4n) is 2.90. The number of nitrogens with zero attached hydrogens (tertiary/aromatic N) is 1. The predicted molar refractivity (Wildman–Crippen MR) is 69.4 cm³/mol. The molecule has 0 heterocycles. The number of hydrogen-bond acceptors (Lipinski definition) is 2. The molecule has 0 aromatic heterocycles. The molecule has 0 amide bonds. The van der Waals surface area contributed by atoms with Gasteiger partial charge in [0, 0.05) is 18.1 Å². The summed E-state index contributed by atoms with van der Waals surface area (Å²) >= 11 is 0. The minimum absolute atomic E-state index is 0.152. The lowest BCUT2D eigenvalue weighted by atomic mass is 9.98. The molecule has 16 heavy (non-hydrogen) atoms. The van der Waals surface area contributed by atoms with Crippen LogP contribution < -0.4 is 5.73 Å². The summed E-state index contributed by atoms with van der Waals surface area (Å²) in [5, 5.41) is 0. The smallest absolute Gasteiger partial charge is 0.0283 e. The average molecular weight is 224 g/mol. The maximum Gasteiger partial charge on any atom is 0.0283 e. The van der Waals surface area contributed by atoms with Gasteiger partial charge in [0.2, 0.25) is 0 Å². The van der Waals surface area contributed by atoms with Crippen molar-refractivity contribution in [2.24, 2.45) is 11.7 Å². The molecule has 2 heteroatoms. The van der Waals surface area contributed by atoms with Crippen molar-refractivity contribution in [3.8, 4) is 0 Å². The van der Waals surface area contributed by atoms with Crippen molar-refractivity contribution in [1.29, 1.82) is 0 Å². The number of rotatable bonds is 6. The molecule has 0 radical (unpaired) electrons. The van der Waals surface area contributed by atoms with E-state index in [4.69, 9.17) is 5.73 Å². The van der Waals surface area contributed by atoms with Crippen LogP contribution in [0.2, 0.25) is 0 Å². The van der Waals surface area contributed by atoms with Crippen LogP contribution in [0.25, 0.3) is 0 Å². The molecule has 2 nitrogen and oxygen atoms in total. The van der Waals surface area contributed by atoms with Crippen LogP contribution in [0.3, 0.4) is 0 Å². The van der Waals surface area contributed by atoms with Crippen LogP contribution in [0.15, 0.2) is 0 Å². The molecule has 2 aliphatic rings. The van der Waals surface area contributed by atoms with Crippen molar-refractivity contribution in [3.63, 3.8) is 0 Å². The van der Waals surface area contributed by atoms with Crippen LogP contribution >= 0.6 is 0 Å². The van der Waals surface area contributed by atoms with E-state index < -0.39 is 0 Å². The molecule has 0 aliphatic heterocycles. The Morgan fingerprint density at radius 2 is 1.88 bits per heavy atom. The van der Waals surface area contributed by atoms with E-state index in [1.807, 2.05) is 0 Å². The lowest BCUT2D eigenvalue weighted by Gasteiger charge is -2.33. The Balaban J connectivity index is 1.82. The van der Waals surface area contributed by atoms with Gasteiger partial charge in [-0.2, -0.15) is 0 Å². The first-order chi connectivity index (χ1) is 7.59. The van der Waals surface area contributed by atoms with Gasteiger partial charge < -0.3 is 5.73 Å². The zero-order chi connectivity index (χ0) is 11.6. The van der Waals surface area contributed by atoms with Crippen molar-refractivity contribution >= 4 is 0 Å². The lowest BCUT2D eigenvalue weighted by molar-refractivity contribution is 0.191. The zero-order valence-electron chi connectivity index (χ0n) is 11.0. The van der Waals surface area contributed by atoms with Gasteiger partial charge in [-0.1, -0.05) is 26.7 Å². The normalized spacial score (nSPS) is 24.6. The maximum absolute atomic E-state index is 6.49. The number of nitrogens with two attached hydrogens (primary N) is 1. The molecule has 2 fully saturated rings. The molecule has 2 N–H and O–H groups in total. The first-order valence-electron chi connectivity index (χ1n) is 7.12. The molecular weight excluding hydrogens is 196 g/mol. The molecule has 0 bridgehead atoms. The van der Waals surface area contributed by atoms with Crippen molar-refractivity contribution < 1.29 is 0 Å². The van der Waals surface area contributed by atoms with E-state index in [1.165, 1.54) is 51.5 Å². The second-order valence-electron chi connectivity index (χ2n) is 6.45. The van der Waals surface area contributed by atoms with Gasteiger partial charge in [0.05, 0.1) is 0 Å². The largest absolute Gasteiger partial charge is 0.324 e. The first kappa shape index (κ1) is 12.4. The first-order valence-corrected chi connectivity index (χ1v) is 7.12. The molecule has 0 aromatic carbocycles. The SMILES string of the molecule is CC(C)CCN(CC1(N)CCCC1)C1CC1. The highest BCUT2D eigenvalue weighted by atomic mass is 15.2. The van der Waals surface area contributed by atoms with Crippen LogP contribution in [-0.4, -0.2) is 29.6 Å². The highest BCUT2D eigenvalue weighted by molar-refractivity contribution is 4.96. The average Bonchev–Trinajstić information content (AvgIpc) is 2.97. The molecule has 2 aliphatic carbocycles. The van der Waals surface area contributed by atoms with Crippen molar-refractivity contribution in [1.82, 2.24) is 4.90 Å². The maximum atomic E-state index is 6.49. The Morgan fingerprint density at radius 3 is 2.38 bits per heavy atom. The van der Waals surface area contributed by atoms with Gasteiger partial charge in [0.15, 0.2) is 0 Å². The third-order valence-electron chi connectivity index (χ3n) is 4.17. The molecule has 0 spiro atoms. The molecule has 2 saturated carbocycles. The second-order valence-corrected chi connectivity index (χ2v) is 6.45. The molecule has 0 saturated heterocycles. The standard InChI is InChI=1S/C14H28N2/c1-12(2)7-10-16(13-5-6-13)11-14(15)8-3-4-9-14/h12-13H,3-11,15H2,1-2H3. The Labute approximate surface area is 101 Å². The van der Waals surface area contributed by atoms with Gasteiger partial charge in [0.1, 0.15) is 0 Å². The molecule has 94 valence electrons. The monoisotopic (exact) mass is 224 g/mol. The molecule has 0 atom stereocenters. The highest BCUT2D eigenvalue weighted by Crippen LogP contribution is 2.33. The quantitative estimate of drug-likeness (QED) is 0.751. The van der Waals surface area contributed by atoms with E-state index >= 15 is 0 Å². The van der Waals surface area contributed by atoms with E-state index in [2.05, 4.69) is 18.7 Å². The van der Waals surface area contributed by atoms with Crippen LogP contribution in [0, 0.1) is 5.92 Å². The summed E-state index contributed by atoms with van der Waals surface area (Å²) in [4.78, 5) is 2.69. The Bertz CT molecular complexity index is 215. The summed E-state index contributed by atoms with van der Waals surface area (Å²) in [5.41, 5.74) is 6.64. The summed E-state index contributed by atoms with van der Waals surface area (Å²) in [7, 11) is 0. The third-order valence-corrected chi connectivity index (χ3v) is 4.17. The molecule has 2 rings (SSSR count). The van der Waals surface area contributed by atoms with Crippen LogP contribution in [0.1, 0.15) is 58.8 Å². The van der Waals surface area contributed by atoms with Gasteiger partial charge in [-0.15, -0.1) is 0 Å². The highest BCUT2D eigenvalue weighted by Gasteiger charge is 2.36.